The van der Waals surface area contributed by atoms with Crippen LogP contribution in [0, 0.1) is 0 Å². The van der Waals surface area contributed by atoms with Crippen LogP contribution < -0.4 is 5.32 Å². The summed E-state index contributed by atoms with van der Waals surface area (Å²) in [6, 6.07) is 10.7. The molecular weight excluding hydrogens is 375 g/mol. The zero-order chi connectivity index (χ0) is 19.4. The first-order valence-corrected chi connectivity index (χ1v) is 8.98. The first-order chi connectivity index (χ1) is 12.8. The number of alkyl halides is 3. The van der Waals surface area contributed by atoms with E-state index < -0.39 is 11.7 Å². The molecule has 0 aliphatic heterocycles. The Morgan fingerprint density at radius 3 is 2.59 bits per heavy atom. The molecule has 2 aromatic heterocycles. The fourth-order valence-electron chi connectivity index (χ4n) is 2.59. The summed E-state index contributed by atoms with van der Waals surface area (Å²) in [7, 11) is 3.65. The van der Waals surface area contributed by atoms with E-state index in [-0.39, 0.29) is 6.04 Å². The molecule has 1 aromatic carbocycles. The predicted molar refractivity (Wildman–Crippen MR) is 99.5 cm³/mol. The van der Waals surface area contributed by atoms with Crippen LogP contribution in [0.5, 0.6) is 0 Å². The topological polar surface area (TPSA) is 53.9 Å². The Morgan fingerprint density at radius 2 is 1.93 bits per heavy atom. The number of nitrogens with one attached hydrogen (secondary N) is 1. The third-order valence-corrected chi connectivity index (χ3v) is 4.88. The van der Waals surface area contributed by atoms with Crippen LogP contribution in [0.15, 0.2) is 48.7 Å². The van der Waals surface area contributed by atoms with E-state index in [1.807, 2.05) is 37.2 Å². The van der Waals surface area contributed by atoms with Gasteiger partial charge in [-0.05, 0) is 43.9 Å². The van der Waals surface area contributed by atoms with Crippen molar-refractivity contribution in [3.05, 3.63) is 59.8 Å². The van der Waals surface area contributed by atoms with Gasteiger partial charge in [0.05, 0.1) is 11.6 Å². The second kappa shape index (κ2) is 8.01. The minimum atomic E-state index is -4.36. The zero-order valence-corrected chi connectivity index (χ0v) is 15.6. The van der Waals surface area contributed by atoms with Gasteiger partial charge in [-0.1, -0.05) is 29.5 Å². The highest BCUT2D eigenvalue weighted by Gasteiger charge is 2.31. The van der Waals surface area contributed by atoms with Gasteiger partial charge in [0, 0.05) is 12.7 Å². The van der Waals surface area contributed by atoms with E-state index in [9.17, 15) is 13.2 Å². The van der Waals surface area contributed by atoms with Crippen molar-refractivity contribution in [2.24, 2.45) is 0 Å². The Morgan fingerprint density at radius 1 is 1.11 bits per heavy atom. The average Bonchev–Trinajstić information content (AvgIpc) is 3.11. The molecule has 0 aliphatic carbocycles. The maximum absolute atomic E-state index is 13.0. The first kappa shape index (κ1) is 19.2. The lowest BCUT2D eigenvalue weighted by atomic mass is 10.0. The quantitative estimate of drug-likeness (QED) is 0.675. The van der Waals surface area contributed by atoms with E-state index in [0.717, 1.165) is 11.8 Å². The average molecular weight is 393 g/mol. The molecule has 0 amide bonds. The van der Waals surface area contributed by atoms with Crippen molar-refractivity contribution in [2.75, 3.05) is 26.0 Å². The maximum atomic E-state index is 13.0. The molecule has 1 N–H and O–H groups in total. The Kier molecular flexibility index (Phi) is 5.71. The molecule has 0 spiro atoms. The van der Waals surface area contributed by atoms with Crippen LogP contribution >= 0.6 is 11.3 Å². The van der Waals surface area contributed by atoms with Crippen molar-refractivity contribution < 1.29 is 13.2 Å². The number of rotatable bonds is 6. The lowest BCUT2D eigenvalue weighted by Gasteiger charge is -2.25. The van der Waals surface area contributed by atoms with E-state index in [4.69, 9.17) is 0 Å². The Balaban J connectivity index is 1.74. The van der Waals surface area contributed by atoms with E-state index >= 15 is 0 Å². The normalized spacial score (nSPS) is 13.0. The second-order valence-electron chi connectivity index (χ2n) is 6.11. The van der Waals surface area contributed by atoms with Crippen molar-refractivity contribution in [2.45, 2.75) is 12.2 Å². The number of hydrogen-bond donors (Lipinski definition) is 1. The summed E-state index contributed by atoms with van der Waals surface area (Å²) in [5, 5.41) is 12.6. The summed E-state index contributed by atoms with van der Waals surface area (Å²) in [6.07, 6.45) is -2.68. The van der Waals surface area contributed by atoms with Gasteiger partial charge in [-0.15, -0.1) is 10.2 Å². The minimum absolute atomic E-state index is 0.255. The van der Waals surface area contributed by atoms with Crippen molar-refractivity contribution >= 4 is 16.5 Å². The summed E-state index contributed by atoms with van der Waals surface area (Å²) in [6.45, 7) is 0.394. The first-order valence-electron chi connectivity index (χ1n) is 8.17. The summed E-state index contributed by atoms with van der Waals surface area (Å²) in [5.41, 5.74) is 0.655. The molecule has 27 heavy (non-hydrogen) atoms. The van der Waals surface area contributed by atoms with Crippen LogP contribution in [-0.4, -0.2) is 40.7 Å². The summed E-state index contributed by atoms with van der Waals surface area (Å²) in [4.78, 5) is 6.10. The Hall–Kier alpha value is -2.52. The third kappa shape index (κ3) is 4.81. The summed E-state index contributed by atoms with van der Waals surface area (Å²) >= 11 is 1.35. The van der Waals surface area contributed by atoms with Gasteiger partial charge in [0.2, 0.25) is 5.13 Å². The van der Waals surface area contributed by atoms with E-state index in [1.54, 1.807) is 12.3 Å². The van der Waals surface area contributed by atoms with E-state index in [0.29, 0.717) is 22.2 Å². The number of likely N-dealkylation sites (N-methyl/N-ethyl adjacent to an activating group) is 1. The monoisotopic (exact) mass is 393 g/mol. The van der Waals surface area contributed by atoms with E-state index in [2.05, 4.69) is 20.5 Å². The van der Waals surface area contributed by atoms with Crippen LogP contribution in [-0.2, 0) is 6.18 Å². The Bertz CT molecular complexity index is 880. The number of benzene rings is 1. The largest absolute Gasteiger partial charge is 0.416 e. The van der Waals surface area contributed by atoms with Gasteiger partial charge in [0.15, 0.2) is 5.01 Å². The lowest BCUT2D eigenvalue weighted by molar-refractivity contribution is -0.137. The molecule has 2 heterocycles. The molecule has 1 unspecified atom stereocenters. The van der Waals surface area contributed by atoms with Crippen molar-refractivity contribution in [3.8, 4) is 10.7 Å². The van der Waals surface area contributed by atoms with Gasteiger partial charge in [-0.25, -0.2) is 0 Å². The van der Waals surface area contributed by atoms with Gasteiger partial charge < -0.3 is 10.2 Å². The molecule has 5 nitrogen and oxygen atoms in total. The molecule has 0 radical (unpaired) electrons. The molecule has 1 atom stereocenters. The van der Waals surface area contributed by atoms with Crippen LogP contribution in [0.25, 0.3) is 10.7 Å². The number of nitrogens with zero attached hydrogens (tertiary/aromatic N) is 4. The van der Waals surface area contributed by atoms with Gasteiger partial charge in [0.1, 0.15) is 5.69 Å². The second-order valence-corrected chi connectivity index (χ2v) is 7.09. The molecule has 142 valence electrons. The van der Waals surface area contributed by atoms with Gasteiger partial charge >= 0.3 is 6.18 Å². The number of aromatic nitrogens is 3. The molecule has 9 heteroatoms. The molecule has 3 aromatic rings. The molecule has 0 fully saturated rings. The molecule has 3 rings (SSSR count). The molecule has 0 saturated heterocycles. The van der Waals surface area contributed by atoms with Gasteiger partial charge in [-0.2, -0.15) is 13.2 Å². The smallest absolute Gasteiger partial charge is 0.358 e. The van der Waals surface area contributed by atoms with Gasteiger partial charge in [-0.3, -0.25) is 4.98 Å². The molecule has 0 saturated carbocycles. The predicted octanol–water partition coefficient (Wildman–Crippen LogP) is 4.33. The van der Waals surface area contributed by atoms with Crippen molar-refractivity contribution in [1.82, 2.24) is 20.1 Å². The van der Waals surface area contributed by atoms with Crippen LogP contribution in [0.3, 0.4) is 0 Å². The molecule has 0 bridgehead atoms. The summed E-state index contributed by atoms with van der Waals surface area (Å²) in [5.74, 6) is 0. The SMILES string of the molecule is CN(C)C(CNc1nnc(-c2ccccn2)s1)c1cccc(C(F)(F)F)c1. The highest BCUT2D eigenvalue weighted by atomic mass is 32.1. The number of hydrogen-bond acceptors (Lipinski definition) is 6. The van der Waals surface area contributed by atoms with E-state index in [1.165, 1.54) is 23.5 Å². The standard InChI is InChI=1S/C18H18F3N5S/c1-26(2)15(12-6-5-7-13(10-12)18(19,20)21)11-23-17-25-24-16(27-17)14-8-3-4-9-22-14/h3-10,15H,11H2,1-2H3,(H,23,25). The zero-order valence-electron chi connectivity index (χ0n) is 14.7. The fourth-order valence-corrected chi connectivity index (χ4v) is 3.32. The van der Waals surface area contributed by atoms with Crippen LogP contribution in [0.2, 0.25) is 0 Å². The number of anilines is 1. The minimum Gasteiger partial charge on any atom is -0.358 e. The molecular formula is C18H18F3N5S. The maximum Gasteiger partial charge on any atom is 0.416 e. The highest BCUT2D eigenvalue weighted by molar-refractivity contribution is 7.18. The molecule has 0 aliphatic rings. The van der Waals surface area contributed by atoms with Crippen LogP contribution in [0.1, 0.15) is 17.2 Å². The highest BCUT2D eigenvalue weighted by Crippen LogP contribution is 2.32. The lowest BCUT2D eigenvalue weighted by Crippen LogP contribution is -2.27. The van der Waals surface area contributed by atoms with Crippen molar-refractivity contribution in [1.29, 1.82) is 0 Å². The van der Waals surface area contributed by atoms with Crippen LogP contribution in [0.4, 0.5) is 18.3 Å². The summed E-state index contributed by atoms with van der Waals surface area (Å²) < 4.78 is 39.0. The third-order valence-electron chi connectivity index (χ3n) is 3.98. The number of pyridine rings is 1. The van der Waals surface area contributed by atoms with Gasteiger partial charge in [0.25, 0.3) is 0 Å². The Labute approximate surface area is 158 Å². The number of halogens is 3. The van der Waals surface area contributed by atoms with Crippen molar-refractivity contribution in [3.63, 3.8) is 0 Å². The fraction of sp³-hybridized carbons (Fsp3) is 0.278.